The van der Waals surface area contributed by atoms with Gasteiger partial charge in [0.25, 0.3) is 8.32 Å². The summed E-state index contributed by atoms with van der Waals surface area (Å²) in [5.41, 5.74) is -0.694. The molecule has 2 aromatic carbocycles. The molecule has 3 saturated heterocycles. The van der Waals surface area contributed by atoms with Crippen molar-refractivity contribution in [2.24, 2.45) is 23.2 Å². The molecule has 59 heavy (non-hydrogen) atoms. The van der Waals surface area contributed by atoms with Crippen LogP contribution < -0.4 is 10.4 Å². The molecule has 5 rings (SSSR count). The first-order valence-corrected chi connectivity index (χ1v) is 27.0. The summed E-state index contributed by atoms with van der Waals surface area (Å²) in [6.45, 7) is 32.8. The Balaban J connectivity index is 1.50. The van der Waals surface area contributed by atoms with Crippen molar-refractivity contribution in [2.45, 2.75) is 181 Å². The lowest BCUT2D eigenvalue weighted by molar-refractivity contribution is -0.332. The van der Waals surface area contributed by atoms with Crippen molar-refractivity contribution >= 4 is 32.8 Å². The minimum Gasteiger partial charge on any atom is -0.410 e. The predicted molar refractivity (Wildman–Crippen MR) is 243 cm³/mol. The van der Waals surface area contributed by atoms with E-state index in [1.807, 2.05) is 26.8 Å². The molecule has 0 saturated carbocycles. The summed E-state index contributed by atoms with van der Waals surface area (Å²) in [4.78, 5) is 14.4. The van der Waals surface area contributed by atoms with Crippen LogP contribution in [0.5, 0.6) is 0 Å². The zero-order chi connectivity index (χ0) is 43.6. The predicted octanol–water partition coefficient (Wildman–Crippen LogP) is 9.84. The Kier molecular flexibility index (Phi) is 15.3. The van der Waals surface area contributed by atoms with Crippen molar-refractivity contribution in [2.75, 3.05) is 13.7 Å². The number of hydrogen-bond donors (Lipinski definition) is 0. The van der Waals surface area contributed by atoms with E-state index in [-0.39, 0.29) is 53.3 Å². The third-order valence-electron chi connectivity index (χ3n) is 14.6. The highest BCUT2D eigenvalue weighted by molar-refractivity contribution is 6.99. The van der Waals surface area contributed by atoms with E-state index in [2.05, 4.69) is 136 Å². The second-order valence-electron chi connectivity index (χ2n) is 19.8. The minimum absolute atomic E-state index is 0.0639. The first kappa shape index (κ1) is 48.0. The van der Waals surface area contributed by atoms with Gasteiger partial charge in [-0.05, 0) is 53.8 Å². The molecular weight excluding hydrogens is 773 g/mol. The molecule has 8 nitrogen and oxygen atoms in total. The normalized spacial score (nSPS) is 30.9. The van der Waals surface area contributed by atoms with E-state index in [4.69, 9.17) is 32.5 Å². The Morgan fingerprint density at radius 1 is 0.847 bits per heavy atom. The number of carbonyl (C=O) groups is 1. The average molecular weight is 851 g/mol. The maximum Gasteiger partial charge on any atom is 0.261 e. The molecule has 10 heteroatoms. The van der Waals surface area contributed by atoms with E-state index >= 15 is 0 Å². The lowest BCUT2D eigenvalue weighted by atomic mass is 9.73. The molecule has 10 atom stereocenters. The van der Waals surface area contributed by atoms with Gasteiger partial charge in [0.2, 0.25) is 0 Å². The molecule has 0 bridgehead atoms. The van der Waals surface area contributed by atoms with Crippen LogP contribution in [0.2, 0.25) is 23.2 Å². The molecule has 3 heterocycles. The second-order valence-corrected chi connectivity index (χ2v) is 28.9. The fourth-order valence-corrected chi connectivity index (χ4v) is 17.9. The van der Waals surface area contributed by atoms with Crippen molar-refractivity contribution in [1.82, 2.24) is 0 Å². The molecular formula is C49H78O8Si2. The number of methoxy groups -OCH3 is 1. The van der Waals surface area contributed by atoms with Crippen molar-refractivity contribution in [3.8, 4) is 0 Å². The lowest BCUT2D eigenvalue weighted by Gasteiger charge is -2.49. The Bertz CT molecular complexity index is 1630. The van der Waals surface area contributed by atoms with E-state index in [0.29, 0.717) is 19.4 Å². The van der Waals surface area contributed by atoms with Gasteiger partial charge in [0.15, 0.2) is 19.9 Å². The van der Waals surface area contributed by atoms with Gasteiger partial charge in [0.1, 0.15) is 11.9 Å². The summed E-state index contributed by atoms with van der Waals surface area (Å²) in [6.07, 6.45) is 1.30. The molecule has 0 aromatic heterocycles. The summed E-state index contributed by atoms with van der Waals surface area (Å²) < 4.78 is 49.2. The van der Waals surface area contributed by atoms with Crippen LogP contribution in [-0.4, -0.2) is 84.3 Å². The van der Waals surface area contributed by atoms with Crippen LogP contribution in [0.4, 0.5) is 0 Å². The van der Waals surface area contributed by atoms with Crippen molar-refractivity contribution in [1.29, 1.82) is 0 Å². The molecule has 0 N–H and O–H groups in total. The van der Waals surface area contributed by atoms with Gasteiger partial charge < -0.3 is 32.5 Å². The van der Waals surface area contributed by atoms with Crippen molar-refractivity contribution in [3.05, 3.63) is 73.3 Å². The smallest absolute Gasteiger partial charge is 0.261 e. The number of rotatable bonds is 17. The van der Waals surface area contributed by atoms with Crippen LogP contribution in [0, 0.1) is 23.2 Å². The number of ether oxygens (including phenoxy) is 5. The molecule has 3 aliphatic rings. The fraction of sp³-hybridized carbons (Fsp3) is 0.694. The van der Waals surface area contributed by atoms with E-state index in [0.717, 1.165) is 18.1 Å². The molecule has 0 unspecified atom stereocenters. The Labute approximate surface area is 359 Å². The van der Waals surface area contributed by atoms with Gasteiger partial charge >= 0.3 is 0 Å². The number of hydrogen-bond acceptors (Lipinski definition) is 8. The maximum absolute atomic E-state index is 14.4. The van der Waals surface area contributed by atoms with Crippen molar-refractivity contribution in [3.63, 3.8) is 0 Å². The monoisotopic (exact) mass is 851 g/mol. The van der Waals surface area contributed by atoms with Gasteiger partial charge in [-0.25, -0.2) is 0 Å². The van der Waals surface area contributed by atoms with Gasteiger partial charge in [-0.1, -0.05) is 143 Å². The summed E-state index contributed by atoms with van der Waals surface area (Å²) in [6, 6.07) is 24.3. The first-order chi connectivity index (χ1) is 27.7. The third kappa shape index (κ3) is 9.37. The standard InChI is InChI=1S/C49H78O8Si2/c1-16-34(5)43-36(7)41(53-48(13,14)55-43)32-42(51-15)44-45(57-58(17-2,18-3)19-4)47(11,12)49(56-44)33-39(50)35(6)40(54-49)30-31-52-59(46(8,9)10,37-26-22-20-23-27-37)38-28-24-21-25-29-38/h16,20-29,34-36,40-45H,1,17-19,30-33H2,2-15H3/t34-,35+,36+,40+,41+,42+,43-,44-,45+,49-/m1/s1. The topological polar surface area (TPSA) is 81.7 Å². The Hall–Kier alpha value is -2.00. The van der Waals surface area contributed by atoms with Crippen LogP contribution in [0.15, 0.2) is 73.3 Å². The minimum atomic E-state index is -2.80. The molecule has 330 valence electrons. The number of Topliss-reactive ketones (excluding diaryl/α,β-unsaturated/α-hetero) is 1. The largest absolute Gasteiger partial charge is 0.410 e. The van der Waals surface area contributed by atoms with Gasteiger partial charge in [-0.15, -0.1) is 6.58 Å². The van der Waals surface area contributed by atoms with E-state index in [1.165, 1.54) is 10.4 Å². The SMILES string of the molecule is C=C[C@@H](C)[C@H]1OC(C)(C)O[C@@H](C[C@H](OC)[C@H]2O[C@]3(CC(=O)[C@H](C)[C@H](CCO[Si](c4ccccc4)(c4ccccc4)C(C)(C)C)O3)C(C)(C)[C@H]2O[Si](CC)(CC)CC)[C@@H]1C. The average Bonchev–Trinajstić information content (AvgIpc) is 3.40. The Morgan fingerprint density at radius 2 is 1.41 bits per heavy atom. The van der Waals surface area contributed by atoms with Gasteiger partial charge in [0, 0.05) is 43.3 Å². The van der Waals surface area contributed by atoms with Crippen LogP contribution in [0.1, 0.15) is 109 Å². The quantitative estimate of drug-likeness (QED) is 0.115. The summed E-state index contributed by atoms with van der Waals surface area (Å²) in [5.74, 6) is -1.97. The van der Waals surface area contributed by atoms with Crippen LogP contribution in [0.25, 0.3) is 0 Å². The van der Waals surface area contributed by atoms with Gasteiger partial charge in [-0.3, -0.25) is 4.79 Å². The number of benzene rings is 2. The summed E-state index contributed by atoms with van der Waals surface area (Å²) >= 11 is 0. The summed E-state index contributed by atoms with van der Waals surface area (Å²) in [5, 5.41) is 2.28. The Morgan fingerprint density at radius 3 is 1.90 bits per heavy atom. The molecule has 3 aliphatic heterocycles. The zero-order valence-corrected chi connectivity index (χ0v) is 41.0. The molecule has 2 aromatic rings. The number of carbonyl (C=O) groups excluding carboxylic acids is 1. The lowest BCUT2D eigenvalue weighted by Crippen LogP contribution is -2.66. The van der Waals surface area contributed by atoms with E-state index < -0.39 is 51.9 Å². The third-order valence-corrected chi connectivity index (χ3v) is 24.2. The number of ketones is 1. The molecule has 3 fully saturated rings. The van der Waals surface area contributed by atoms with Gasteiger partial charge in [0.05, 0.1) is 36.9 Å². The van der Waals surface area contributed by atoms with Crippen LogP contribution in [-0.2, 0) is 37.3 Å². The molecule has 0 aliphatic carbocycles. The fourth-order valence-electron chi connectivity index (χ4n) is 10.4. The maximum atomic E-state index is 14.4. The highest BCUT2D eigenvalue weighted by Gasteiger charge is 2.68. The van der Waals surface area contributed by atoms with Crippen LogP contribution in [0.3, 0.4) is 0 Å². The highest BCUT2D eigenvalue weighted by atomic mass is 28.4. The van der Waals surface area contributed by atoms with E-state index in [9.17, 15) is 4.79 Å². The van der Waals surface area contributed by atoms with Crippen molar-refractivity contribution < 1.29 is 37.3 Å². The van der Waals surface area contributed by atoms with Crippen LogP contribution >= 0.6 is 0 Å². The molecule has 0 radical (unpaired) electrons. The molecule has 1 spiro atoms. The van der Waals surface area contributed by atoms with Gasteiger partial charge in [-0.2, -0.15) is 0 Å². The zero-order valence-electron chi connectivity index (χ0n) is 39.0. The highest BCUT2D eigenvalue weighted by Crippen LogP contribution is 2.56. The second kappa shape index (κ2) is 18.8. The molecule has 0 amide bonds. The van der Waals surface area contributed by atoms with E-state index in [1.54, 1.807) is 7.11 Å². The summed E-state index contributed by atoms with van der Waals surface area (Å²) in [7, 11) is -3.25. The first-order valence-electron chi connectivity index (χ1n) is 22.5.